The summed E-state index contributed by atoms with van der Waals surface area (Å²) in [4.78, 5) is 26.7. The van der Waals surface area contributed by atoms with Gasteiger partial charge in [-0.15, -0.1) is 11.8 Å². The number of hydrogen-bond acceptors (Lipinski definition) is 4. The van der Waals surface area contributed by atoms with Crippen molar-refractivity contribution in [2.45, 2.75) is 11.7 Å². The SMILES string of the molecule is CCOC(=O)C(C(=O)c1ccccc1)C1(SC)C([C]2[CH][CH][CH][CH]2)=C1[C]1[CH][CH][CH][CH]1.[CH]1[CH][CH][CH][CH]1.[CH]1[CH][CH][CH][CH]1.[Fe+2].[Fe+2]. The molecular formula is C35H32Fe2O3S+4. The summed E-state index contributed by atoms with van der Waals surface area (Å²) in [6, 6.07) is 9.01. The number of Topliss-reactive ketones (excluding diaryl/α,β-unsaturated/α-hetero) is 1. The number of carbonyl (C=O) groups excluding carboxylic acids is 2. The monoisotopic (exact) mass is 644 g/mol. The van der Waals surface area contributed by atoms with Crippen LogP contribution < -0.4 is 0 Å². The molecule has 1 unspecified atom stereocenters. The first kappa shape index (κ1) is 36.7. The Morgan fingerprint density at radius 2 is 1.07 bits per heavy atom. The van der Waals surface area contributed by atoms with Gasteiger partial charge in [0.1, 0.15) is 5.92 Å². The maximum absolute atomic E-state index is 13.6. The summed E-state index contributed by atoms with van der Waals surface area (Å²) in [6.45, 7) is 2.00. The van der Waals surface area contributed by atoms with Crippen molar-refractivity contribution < 1.29 is 48.5 Å². The van der Waals surface area contributed by atoms with Gasteiger partial charge in [-0.25, -0.2) is 0 Å². The van der Waals surface area contributed by atoms with Gasteiger partial charge < -0.3 is 4.74 Å². The first-order valence-corrected chi connectivity index (χ1v) is 14.2. The fraction of sp³-hybridized carbons (Fsp3) is 0.143. The summed E-state index contributed by atoms with van der Waals surface area (Å²) in [7, 11) is 0. The molecule has 4 fully saturated rings. The van der Waals surface area contributed by atoms with Crippen molar-refractivity contribution in [3.8, 4) is 0 Å². The van der Waals surface area contributed by atoms with Gasteiger partial charge in [-0.1, -0.05) is 30.3 Å². The average molecular weight is 644 g/mol. The van der Waals surface area contributed by atoms with Crippen LogP contribution in [0.15, 0.2) is 41.5 Å². The Morgan fingerprint density at radius 1 is 0.683 bits per heavy atom. The average Bonchev–Trinajstić information content (AvgIpc) is 3.73. The Balaban J connectivity index is 0.000000412. The molecule has 4 saturated carbocycles. The summed E-state index contributed by atoms with van der Waals surface area (Å²) in [5, 5.41) is 0. The van der Waals surface area contributed by atoms with Gasteiger partial charge in [0.2, 0.25) is 0 Å². The smallest absolute Gasteiger partial charge is 0.465 e. The third-order valence-corrected chi connectivity index (χ3v) is 7.80. The predicted octanol–water partition coefficient (Wildman–Crippen LogP) is 6.31. The molecule has 3 nitrogen and oxygen atoms in total. The number of ketones is 1. The maximum atomic E-state index is 13.6. The number of ether oxygens (including phenoxy) is 1. The van der Waals surface area contributed by atoms with Crippen LogP contribution >= 0.6 is 11.8 Å². The Morgan fingerprint density at radius 3 is 1.41 bits per heavy atom. The molecule has 6 rings (SSSR count). The van der Waals surface area contributed by atoms with E-state index in [4.69, 9.17) is 4.74 Å². The zero-order valence-corrected chi connectivity index (χ0v) is 25.9. The summed E-state index contributed by atoms with van der Waals surface area (Å²) >= 11 is 1.54. The van der Waals surface area contributed by atoms with E-state index in [1.54, 1.807) is 30.8 Å². The fourth-order valence-electron chi connectivity index (χ4n) is 4.78. The molecule has 0 N–H and O–H groups in total. The van der Waals surface area contributed by atoms with E-state index in [-0.39, 0.29) is 46.5 Å². The van der Waals surface area contributed by atoms with Gasteiger partial charge in [0, 0.05) is 17.4 Å². The van der Waals surface area contributed by atoms with E-state index >= 15 is 0 Å². The topological polar surface area (TPSA) is 43.4 Å². The van der Waals surface area contributed by atoms with Crippen LogP contribution in [0.3, 0.4) is 0 Å². The largest absolute Gasteiger partial charge is 2.00 e. The number of hydrogen-bond donors (Lipinski definition) is 0. The molecule has 5 aliphatic carbocycles. The van der Waals surface area contributed by atoms with Crippen molar-refractivity contribution in [3.63, 3.8) is 0 Å². The quantitative estimate of drug-likeness (QED) is 0.144. The van der Waals surface area contributed by atoms with E-state index in [1.165, 1.54) is 0 Å². The van der Waals surface area contributed by atoms with Gasteiger partial charge in [-0.2, -0.15) is 0 Å². The van der Waals surface area contributed by atoms with Gasteiger partial charge >= 0.3 is 40.1 Å². The normalized spacial score (nSPS) is 21.9. The molecule has 6 heteroatoms. The number of carbonyl (C=O) groups is 2. The molecule has 1 aromatic carbocycles. The van der Waals surface area contributed by atoms with Crippen LogP contribution in [0.2, 0.25) is 0 Å². The molecule has 0 heterocycles. The van der Waals surface area contributed by atoms with E-state index < -0.39 is 16.6 Å². The summed E-state index contributed by atoms with van der Waals surface area (Å²) in [5.41, 5.74) is 2.61. The van der Waals surface area contributed by atoms with Gasteiger partial charge in [0.05, 0.1) is 11.4 Å². The predicted molar refractivity (Wildman–Crippen MR) is 158 cm³/mol. The van der Waals surface area contributed by atoms with Crippen LogP contribution in [0, 0.1) is 133 Å². The Hall–Kier alpha value is -0.511. The van der Waals surface area contributed by atoms with E-state index in [2.05, 4.69) is 0 Å². The standard InChI is InChI=1S/C25H22O3S.2C5H5.2Fe/c1-3-28-24(27)22(23(26)19-15-5-4-6-16-19)25(29-2)20(17-11-7-8-12-17)21(25)18-13-9-10-14-18;2*1-2-4-5-3-1;;/h4-16,22H,3H2,1-2H3;2*1-5H;;/q;;;2*+2. The molecule has 1 aromatic rings. The fourth-order valence-corrected chi connectivity index (χ4v) is 6.02. The van der Waals surface area contributed by atoms with Crippen molar-refractivity contribution >= 4 is 23.5 Å². The van der Waals surface area contributed by atoms with Crippen LogP contribution in [0.4, 0.5) is 0 Å². The molecule has 1 atom stereocenters. The zero-order chi connectivity index (χ0) is 27.5. The van der Waals surface area contributed by atoms with Crippen molar-refractivity contribution in [2.24, 2.45) is 5.92 Å². The van der Waals surface area contributed by atoms with Crippen molar-refractivity contribution in [3.05, 3.63) is 174 Å². The first-order chi connectivity index (χ1) is 19.1. The molecule has 0 amide bonds. The van der Waals surface area contributed by atoms with Gasteiger partial charge in [0.25, 0.3) is 0 Å². The maximum Gasteiger partial charge on any atom is 2.00 e. The summed E-state index contributed by atoms with van der Waals surface area (Å²) in [6.07, 6.45) is 38.0. The molecule has 208 valence electrons. The van der Waals surface area contributed by atoms with E-state index in [1.807, 2.05) is 140 Å². The van der Waals surface area contributed by atoms with Crippen LogP contribution in [0.5, 0.6) is 0 Å². The minimum absolute atomic E-state index is 0. The molecule has 41 heavy (non-hydrogen) atoms. The second kappa shape index (κ2) is 19.0. The molecule has 0 saturated heterocycles. The minimum Gasteiger partial charge on any atom is -0.465 e. The summed E-state index contributed by atoms with van der Waals surface area (Å²) in [5.74, 6) is 0.483. The summed E-state index contributed by atoms with van der Waals surface area (Å²) < 4.78 is 4.67. The Kier molecular flexibility index (Phi) is 17.0. The van der Waals surface area contributed by atoms with Crippen LogP contribution in [-0.4, -0.2) is 29.4 Å². The molecule has 0 bridgehead atoms. The molecular weight excluding hydrogens is 612 g/mol. The Bertz CT molecular complexity index is 892. The molecule has 5 aliphatic rings. The molecule has 0 aromatic heterocycles. The molecule has 0 aliphatic heterocycles. The van der Waals surface area contributed by atoms with Gasteiger partial charge in [0.15, 0.2) is 5.78 Å². The van der Waals surface area contributed by atoms with E-state index in [0.29, 0.717) is 5.56 Å². The zero-order valence-electron chi connectivity index (χ0n) is 22.9. The third kappa shape index (κ3) is 9.24. The van der Waals surface area contributed by atoms with Crippen LogP contribution in [0.1, 0.15) is 17.3 Å². The first-order valence-electron chi connectivity index (χ1n) is 13.0. The van der Waals surface area contributed by atoms with Crippen LogP contribution in [-0.2, 0) is 43.7 Å². The number of benzene rings is 1. The molecule has 0 spiro atoms. The van der Waals surface area contributed by atoms with Gasteiger partial charge in [-0.3, -0.25) is 9.59 Å². The third-order valence-electron chi connectivity index (χ3n) is 6.52. The van der Waals surface area contributed by atoms with E-state index in [9.17, 15) is 9.59 Å². The van der Waals surface area contributed by atoms with Gasteiger partial charge in [-0.05, 0) is 140 Å². The minimum atomic E-state index is -0.936. The van der Waals surface area contributed by atoms with Crippen molar-refractivity contribution in [1.29, 1.82) is 0 Å². The molecule has 20 radical (unpaired) electrons. The van der Waals surface area contributed by atoms with Crippen molar-refractivity contribution in [2.75, 3.05) is 12.9 Å². The number of thioether (sulfide) groups is 1. The second-order valence-electron chi connectivity index (χ2n) is 8.88. The van der Waals surface area contributed by atoms with Crippen molar-refractivity contribution in [1.82, 2.24) is 0 Å². The number of rotatable bonds is 8. The second-order valence-corrected chi connectivity index (χ2v) is 9.93. The number of esters is 1. The Labute approximate surface area is 275 Å². The van der Waals surface area contributed by atoms with Crippen LogP contribution in [0.25, 0.3) is 0 Å². The van der Waals surface area contributed by atoms with E-state index in [0.717, 1.165) is 23.0 Å².